The average Bonchev–Trinajstić information content (AvgIpc) is 2.70. The maximum atomic E-state index is 12.8. The number of hydrogen-bond donors (Lipinski definition) is 2. The third-order valence-corrected chi connectivity index (χ3v) is 4.37. The lowest BCUT2D eigenvalue weighted by Crippen LogP contribution is -2.30. The molecule has 0 fully saturated rings. The smallest absolute Gasteiger partial charge is 0.272 e. The Hall–Kier alpha value is -3.00. The number of benzene rings is 2. The van der Waals surface area contributed by atoms with Gasteiger partial charge in [-0.1, -0.05) is 18.2 Å². The molecule has 134 valence electrons. The molecular formula is C21H16IN3O2. The van der Waals surface area contributed by atoms with Crippen LogP contribution in [0.2, 0.25) is 0 Å². The number of amides is 2. The molecule has 0 spiro atoms. The van der Waals surface area contributed by atoms with Crippen molar-refractivity contribution in [3.8, 4) is 0 Å². The molecule has 0 unspecified atom stereocenters. The van der Waals surface area contributed by atoms with Crippen molar-refractivity contribution in [3.05, 3.63) is 99.5 Å². The number of halogens is 1. The van der Waals surface area contributed by atoms with Crippen molar-refractivity contribution in [1.82, 2.24) is 10.3 Å². The van der Waals surface area contributed by atoms with Crippen LogP contribution in [0.3, 0.4) is 0 Å². The number of carbonyl (C=O) groups is 2. The number of nitrogens with one attached hydrogen (secondary N) is 2. The van der Waals surface area contributed by atoms with E-state index in [-0.39, 0.29) is 11.6 Å². The number of hydrogen-bond acceptors (Lipinski definition) is 3. The second-order valence-electron chi connectivity index (χ2n) is 5.62. The van der Waals surface area contributed by atoms with Crippen LogP contribution in [0, 0.1) is 3.57 Å². The third kappa shape index (κ3) is 5.49. The summed E-state index contributed by atoms with van der Waals surface area (Å²) in [5.41, 5.74) is 2.02. The van der Waals surface area contributed by atoms with E-state index in [4.69, 9.17) is 0 Å². The topological polar surface area (TPSA) is 71.1 Å². The minimum Gasteiger partial charge on any atom is -0.321 e. The van der Waals surface area contributed by atoms with Crippen LogP contribution in [-0.2, 0) is 4.79 Å². The highest BCUT2D eigenvalue weighted by Gasteiger charge is 2.15. The van der Waals surface area contributed by atoms with E-state index < -0.39 is 5.91 Å². The molecule has 0 bridgehead atoms. The van der Waals surface area contributed by atoms with Crippen LogP contribution >= 0.6 is 22.6 Å². The molecule has 0 aliphatic carbocycles. The van der Waals surface area contributed by atoms with Gasteiger partial charge in [0.15, 0.2) is 0 Å². The Morgan fingerprint density at radius 2 is 1.56 bits per heavy atom. The second kappa shape index (κ2) is 9.09. The predicted molar refractivity (Wildman–Crippen MR) is 114 cm³/mol. The largest absolute Gasteiger partial charge is 0.321 e. The number of nitrogens with zero attached hydrogens (tertiary/aromatic N) is 1. The first-order chi connectivity index (χ1) is 13.1. The van der Waals surface area contributed by atoms with Gasteiger partial charge in [0.2, 0.25) is 0 Å². The van der Waals surface area contributed by atoms with E-state index in [1.807, 2.05) is 30.3 Å². The zero-order valence-corrected chi connectivity index (χ0v) is 16.4. The lowest BCUT2D eigenvalue weighted by atomic mass is 10.2. The van der Waals surface area contributed by atoms with Gasteiger partial charge in [-0.2, -0.15) is 0 Å². The van der Waals surface area contributed by atoms with Gasteiger partial charge >= 0.3 is 0 Å². The Balaban J connectivity index is 1.85. The van der Waals surface area contributed by atoms with Gasteiger partial charge in [0.25, 0.3) is 11.8 Å². The molecule has 0 saturated heterocycles. The van der Waals surface area contributed by atoms with Crippen LogP contribution in [-0.4, -0.2) is 16.8 Å². The highest BCUT2D eigenvalue weighted by atomic mass is 127. The fourth-order valence-electron chi connectivity index (χ4n) is 2.30. The summed E-state index contributed by atoms with van der Waals surface area (Å²) in [6.07, 6.45) is 4.86. The number of carbonyl (C=O) groups excluding carboxylic acids is 2. The van der Waals surface area contributed by atoms with E-state index in [9.17, 15) is 9.59 Å². The summed E-state index contributed by atoms with van der Waals surface area (Å²) in [6.45, 7) is 0. The van der Waals surface area contributed by atoms with Gasteiger partial charge in [-0.25, -0.2) is 0 Å². The molecule has 5 nitrogen and oxygen atoms in total. The number of pyridine rings is 1. The zero-order valence-electron chi connectivity index (χ0n) is 14.2. The van der Waals surface area contributed by atoms with Crippen molar-refractivity contribution in [1.29, 1.82) is 0 Å². The molecule has 1 aromatic heterocycles. The second-order valence-corrected chi connectivity index (χ2v) is 6.87. The molecule has 3 rings (SSSR count). The van der Waals surface area contributed by atoms with Crippen molar-refractivity contribution in [2.45, 2.75) is 0 Å². The fourth-order valence-corrected chi connectivity index (χ4v) is 2.66. The lowest BCUT2D eigenvalue weighted by molar-refractivity contribution is -0.113. The Bertz CT molecular complexity index is 956. The van der Waals surface area contributed by atoms with Crippen LogP contribution in [0.5, 0.6) is 0 Å². The van der Waals surface area contributed by atoms with Gasteiger partial charge in [-0.3, -0.25) is 14.6 Å². The molecule has 27 heavy (non-hydrogen) atoms. The van der Waals surface area contributed by atoms with Gasteiger partial charge in [0.1, 0.15) is 5.70 Å². The van der Waals surface area contributed by atoms with Gasteiger partial charge < -0.3 is 10.6 Å². The molecule has 2 amide bonds. The van der Waals surface area contributed by atoms with Gasteiger partial charge in [0, 0.05) is 27.2 Å². The number of aromatic nitrogens is 1. The predicted octanol–water partition coefficient (Wildman–Crippen LogP) is 4.10. The van der Waals surface area contributed by atoms with Crippen LogP contribution < -0.4 is 10.6 Å². The highest BCUT2D eigenvalue weighted by molar-refractivity contribution is 14.1. The zero-order chi connectivity index (χ0) is 19.1. The normalized spacial score (nSPS) is 10.9. The van der Waals surface area contributed by atoms with Gasteiger partial charge in [0.05, 0.1) is 0 Å². The molecule has 0 aliphatic heterocycles. The van der Waals surface area contributed by atoms with Crippen molar-refractivity contribution < 1.29 is 9.59 Å². The first kappa shape index (κ1) is 18.8. The van der Waals surface area contributed by atoms with Crippen molar-refractivity contribution in [3.63, 3.8) is 0 Å². The highest BCUT2D eigenvalue weighted by Crippen LogP contribution is 2.13. The van der Waals surface area contributed by atoms with Gasteiger partial charge in [-0.05, 0) is 82.8 Å². The maximum Gasteiger partial charge on any atom is 0.272 e. The minimum atomic E-state index is -0.405. The molecule has 0 radical (unpaired) electrons. The summed E-state index contributed by atoms with van der Waals surface area (Å²) in [7, 11) is 0. The van der Waals surface area contributed by atoms with E-state index in [0.717, 1.165) is 9.13 Å². The Labute approximate surface area is 170 Å². The van der Waals surface area contributed by atoms with E-state index in [2.05, 4.69) is 38.2 Å². The van der Waals surface area contributed by atoms with E-state index >= 15 is 0 Å². The molecule has 0 atom stereocenters. The summed E-state index contributed by atoms with van der Waals surface area (Å²) >= 11 is 2.19. The number of anilines is 1. The third-order valence-electron chi connectivity index (χ3n) is 3.65. The van der Waals surface area contributed by atoms with Crippen LogP contribution in [0.1, 0.15) is 15.9 Å². The first-order valence-corrected chi connectivity index (χ1v) is 9.25. The molecule has 2 aromatic carbocycles. The summed E-state index contributed by atoms with van der Waals surface area (Å²) in [6, 6.07) is 19.7. The monoisotopic (exact) mass is 469 g/mol. The first-order valence-electron chi connectivity index (χ1n) is 8.17. The van der Waals surface area contributed by atoms with E-state index in [1.54, 1.807) is 54.9 Å². The van der Waals surface area contributed by atoms with Gasteiger partial charge in [-0.15, -0.1) is 0 Å². The van der Waals surface area contributed by atoms with Crippen LogP contribution in [0.25, 0.3) is 6.08 Å². The Kier molecular flexibility index (Phi) is 6.32. The SMILES string of the molecule is O=C(Nc1ccc(I)cc1)/C(=C/c1ccncc1)NC(=O)c1ccccc1. The summed E-state index contributed by atoms with van der Waals surface area (Å²) in [4.78, 5) is 29.2. The minimum absolute atomic E-state index is 0.147. The van der Waals surface area contributed by atoms with Crippen LogP contribution in [0.4, 0.5) is 5.69 Å². The lowest BCUT2D eigenvalue weighted by Gasteiger charge is -2.11. The molecule has 3 aromatic rings. The number of rotatable bonds is 5. The standard InChI is InChI=1S/C21H16IN3O2/c22-17-6-8-18(9-7-17)24-21(27)19(14-15-10-12-23-13-11-15)25-20(26)16-4-2-1-3-5-16/h1-14H,(H,24,27)(H,25,26)/b19-14-. The van der Waals surface area contributed by atoms with Crippen molar-refractivity contribution >= 4 is 46.2 Å². The molecule has 6 heteroatoms. The Morgan fingerprint density at radius 1 is 0.889 bits per heavy atom. The molecule has 1 heterocycles. The molecule has 0 aliphatic rings. The quantitative estimate of drug-likeness (QED) is 0.437. The van der Waals surface area contributed by atoms with E-state index in [0.29, 0.717) is 11.3 Å². The Morgan fingerprint density at radius 3 is 2.22 bits per heavy atom. The summed E-state index contributed by atoms with van der Waals surface area (Å²) < 4.78 is 1.07. The van der Waals surface area contributed by atoms with Crippen LogP contribution in [0.15, 0.2) is 84.8 Å². The summed E-state index contributed by atoms with van der Waals surface area (Å²) in [5, 5.41) is 5.51. The molecule has 0 saturated carbocycles. The molecular weight excluding hydrogens is 453 g/mol. The van der Waals surface area contributed by atoms with Crippen molar-refractivity contribution in [2.24, 2.45) is 0 Å². The fraction of sp³-hybridized carbons (Fsp3) is 0. The average molecular weight is 469 g/mol. The molecule has 2 N–H and O–H groups in total. The maximum absolute atomic E-state index is 12.8. The van der Waals surface area contributed by atoms with Crippen molar-refractivity contribution in [2.75, 3.05) is 5.32 Å². The summed E-state index contributed by atoms with van der Waals surface area (Å²) in [5.74, 6) is -0.758. The van der Waals surface area contributed by atoms with E-state index in [1.165, 1.54) is 0 Å².